The van der Waals surface area contributed by atoms with Crippen molar-refractivity contribution >= 4 is 17.6 Å². The highest BCUT2D eigenvalue weighted by molar-refractivity contribution is 6.32. The molecular formula is C5H8N2O4. The molecule has 0 unspecified atom stereocenters. The molecule has 0 aliphatic carbocycles. The number of oxime groups is 1. The first kappa shape index (κ1) is 9.41. The van der Waals surface area contributed by atoms with Gasteiger partial charge in [0.15, 0.2) is 0 Å². The molecule has 0 aromatic carbocycles. The van der Waals surface area contributed by atoms with Crippen molar-refractivity contribution in [2.24, 2.45) is 10.9 Å². The fourth-order valence-electron chi connectivity index (χ4n) is 0.399. The number of nitrogens with zero attached hydrogens (tertiary/aromatic N) is 1. The Kier molecular flexibility index (Phi) is 3.65. The van der Waals surface area contributed by atoms with E-state index >= 15 is 0 Å². The average Bonchev–Trinajstić information content (AvgIpc) is 1.99. The highest BCUT2D eigenvalue weighted by Crippen LogP contribution is 1.90. The van der Waals surface area contributed by atoms with E-state index in [1.807, 2.05) is 0 Å². The second kappa shape index (κ2) is 4.26. The third-order valence-electron chi connectivity index (χ3n) is 0.975. The number of hydrogen-bond acceptors (Lipinski definition) is 4. The molecule has 11 heavy (non-hydrogen) atoms. The molecule has 0 spiro atoms. The minimum atomic E-state index is -1.50. The first-order valence-electron chi connectivity index (χ1n) is 2.80. The van der Waals surface area contributed by atoms with Crippen LogP contribution in [0.15, 0.2) is 5.16 Å². The van der Waals surface area contributed by atoms with Crippen molar-refractivity contribution in [3.05, 3.63) is 0 Å². The van der Waals surface area contributed by atoms with Crippen molar-refractivity contribution in [1.29, 1.82) is 0 Å². The largest absolute Gasteiger partial charge is 0.476 e. The summed E-state index contributed by atoms with van der Waals surface area (Å²) in [6.45, 7) is 0. The van der Waals surface area contributed by atoms with Gasteiger partial charge in [0, 0.05) is 12.8 Å². The quantitative estimate of drug-likeness (QED) is 0.163. The van der Waals surface area contributed by atoms with Crippen LogP contribution in [-0.2, 0) is 9.59 Å². The number of carbonyl (C=O) groups is 2. The van der Waals surface area contributed by atoms with Gasteiger partial charge in [-0.15, -0.1) is 0 Å². The first-order chi connectivity index (χ1) is 5.07. The topological polar surface area (TPSA) is 113 Å². The zero-order chi connectivity index (χ0) is 8.85. The van der Waals surface area contributed by atoms with Crippen molar-refractivity contribution < 1.29 is 19.9 Å². The van der Waals surface area contributed by atoms with E-state index in [1.54, 1.807) is 0 Å². The van der Waals surface area contributed by atoms with Crippen molar-refractivity contribution in [3.63, 3.8) is 0 Å². The molecule has 0 saturated carbocycles. The summed E-state index contributed by atoms with van der Waals surface area (Å²) in [5, 5.41) is 18.6. The summed E-state index contributed by atoms with van der Waals surface area (Å²) in [5.41, 5.74) is 4.98. The van der Waals surface area contributed by atoms with E-state index in [1.165, 1.54) is 0 Å². The third-order valence-corrected chi connectivity index (χ3v) is 0.975. The maximum atomic E-state index is 10.4. The lowest BCUT2D eigenvalue weighted by Gasteiger charge is -1.93. The Labute approximate surface area is 62.3 Å². The van der Waals surface area contributed by atoms with Crippen molar-refractivity contribution in [1.82, 2.24) is 0 Å². The van der Waals surface area contributed by atoms with Crippen molar-refractivity contribution in [2.45, 2.75) is 12.8 Å². The third kappa shape index (κ3) is 3.90. The molecule has 6 heteroatoms. The fraction of sp³-hybridized carbons (Fsp3) is 0.400. The summed E-state index contributed by atoms with van der Waals surface area (Å²) >= 11 is 0. The Bertz CT molecular complexity index is 199. The smallest absolute Gasteiger partial charge is 0.372 e. The highest BCUT2D eigenvalue weighted by Gasteiger charge is 2.11. The van der Waals surface area contributed by atoms with Gasteiger partial charge in [0.1, 0.15) is 5.84 Å². The maximum absolute atomic E-state index is 10.4. The van der Waals surface area contributed by atoms with Gasteiger partial charge in [0.2, 0.25) is 5.78 Å². The summed E-state index contributed by atoms with van der Waals surface area (Å²) in [7, 11) is 0. The lowest BCUT2D eigenvalue weighted by molar-refractivity contribution is -0.149. The van der Waals surface area contributed by atoms with Crippen LogP contribution < -0.4 is 5.73 Å². The molecule has 4 N–H and O–H groups in total. The summed E-state index contributed by atoms with van der Waals surface area (Å²) in [6, 6.07) is 0. The molecule has 0 aliphatic heterocycles. The van der Waals surface area contributed by atoms with Crippen molar-refractivity contribution in [3.8, 4) is 0 Å². The van der Waals surface area contributed by atoms with Gasteiger partial charge in [-0.05, 0) is 0 Å². The lowest BCUT2D eigenvalue weighted by atomic mass is 10.2. The zero-order valence-electron chi connectivity index (χ0n) is 5.65. The second-order valence-electron chi connectivity index (χ2n) is 1.82. The monoisotopic (exact) mass is 160 g/mol. The Morgan fingerprint density at radius 2 is 1.91 bits per heavy atom. The van der Waals surface area contributed by atoms with E-state index in [4.69, 9.17) is 16.0 Å². The van der Waals surface area contributed by atoms with Gasteiger partial charge in [0.25, 0.3) is 0 Å². The van der Waals surface area contributed by atoms with E-state index in [2.05, 4.69) is 5.16 Å². The number of rotatable bonds is 4. The number of ketones is 1. The van der Waals surface area contributed by atoms with Gasteiger partial charge >= 0.3 is 5.97 Å². The normalized spacial score (nSPS) is 11.1. The van der Waals surface area contributed by atoms with E-state index in [0.29, 0.717) is 0 Å². The van der Waals surface area contributed by atoms with Crippen LogP contribution in [0.4, 0.5) is 0 Å². The molecular weight excluding hydrogens is 152 g/mol. The predicted molar refractivity (Wildman–Crippen MR) is 35.3 cm³/mol. The standard InChI is InChI=1S/C5H8N2O4/c6-4(7-11)2-1-3(8)5(9)10/h11H,1-2H2,(H2,6,7)(H,9,10). The molecule has 0 atom stereocenters. The van der Waals surface area contributed by atoms with Crippen LogP contribution in [0.1, 0.15) is 12.8 Å². The SMILES string of the molecule is N/C(CCC(=O)C(=O)O)=N\O. The van der Waals surface area contributed by atoms with E-state index in [-0.39, 0.29) is 18.7 Å². The molecule has 0 saturated heterocycles. The maximum Gasteiger partial charge on any atom is 0.372 e. The number of Topliss-reactive ketones (excluding diaryl/α,β-unsaturated/α-hetero) is 1. The van der Waals surface area contributed by atoms with Crippen LogP contribution in [-0.4, -0.2) is 27.9 Å². The number of nitrogens with two attached hydrogens (primary N) is 1. The lowest BCUT2D eigenvalue weighted by Crippen LogP contribution is -2.17. The molecule has 6 nitrogen and oxygen atoms in total. The molecule has 0 aromatic heterocycles. The molecule has 0 fully saturated rings. The fourth-order valence-corrected chi connectivity index (χ4v) is 0.399. The van der Waals surface area contributed by atoms with Crippen LogP contribution in [0, 0.1) is 0 Å². The second-order valence-corrected chi connectivity index (χ2v) is 1.82. The molecule has 62 valence electrons. The van der Waals surface area contributed by atoms with Gasteiger partial charge in [-0.2, -0.15) is 0 Å². The minimum Gasteiger partial charge on any atom is -0.476 e. The Balaban J connectivity index is 3.72. The van der Waals surface area contributed by atoms with E-state index in [9.17, 15) is 9.59 Å². The van der Waals surface area contributed by atoms with Crippen LogP contribution >= 0.6 is 0 Å². The number of carboxylic acids is 1. The molecule has 0 aromatic rings. The molecule has 0 amide bonds. The van der Waals surface area contributed by atoms with Crippen LogP contribution in [0.3, 0.4) is 0 Å². The van der Waals surface area contributed by atoms with Crippen molar-refractivity contribution in [2.75, 3.05) is 0 Å². The minimum absolute atomic E-state index is 0.0400. The summed E-state index contributed by atoms with van der Waals surface area (Å²) in [5.74, 6) is -2.60. The van der Waals surface area contributed by atoms with E-state index in [0.717, 1.165) is 0 Å². The first-order valence-corrected chi connectivity index (χ1v) is 2.80. The van der Waals surface area contributed by atoms with Crippen LogP contribution in [0.2, 0.25) is 0 Å². The average molecular weight is 160 g/mol. The number of aliphatic carboxylic acids is 1. The molecule has 0 bridgehead atoms. The Morgan fingerprint density at radius 3 is 2.27 bits per heavy atom. The number of hydrogen-bond donors (Lipinski definition) is 3. The number of carbonyl (C=O) groups excluding carboxylic acids is 1. The van der Waals surface area contributed by atoms with Gasteiger partial charge in [-0.3, -0.25) is 4.79 Å². The number of carboxylic acid groups (broad SMARTS) is 1. The van der Waals surface area contributed by atoms with Crippen LogP contribution in [0.25, 0.3) is 0 Å². The summed E-state index contributed by atoms with van der Waals surface area (Å²) in [6.07, 6.45) is -0.285. The van der Waals surface area contributed by atoms with Gasteiger partial charge in [-0.1, -0.05) is 5.16 Å². The summed E-state index contributed by atoms with van der Waals surface area (Å²) < 4.78 is 0. The number of amidine groups is 1. The molecule has 0 rings (SSSR count). The highest BCUT2D eigenvalue weighted by atomic mass is 16.4. The van der Waals surface area contributed by atoms with E-state index < -0.39 is 11.8 Å². The molecule has 0 radical (unpaired) electrons. The van der Waals surface area contributed by atoms with Gasteiger partial charge < -0.3 is 16.0 Å². The Morgan fingerprint density at radius 1 is 1.36 bits per heavy atom. The summed E-state index contributed by atoms with van der Waals surface area (Å²) in [4.78, 5) is 20.3. The molecule has 0 heterocycles. The molecule has 0 aliphatic rings. The van der Waals surface area contributed by atoms with Crippen LogP contribution in [0.5, 0.6) is 0 Å². The van der Waals surface area contributed by atoms with Gasteiger partial charge in [0.05, 0.1) is 0 Å². The predicted octanol–water partition coefficient (Wildman–Crippen LogP) is -0.833. The zero-order valence-corrected chi connectivity index (χ0v) is 5.65. The van der Waals surface area contributed by atoms with Gasteiger partial charge in [-0.25, -0.2) is 4.79 Å². The Hall–Kier alpha value is -1.59.